The fourth-order valence-corrected chi connectivity index (χ4v) is 12.7. The van der Waals surface area contributed by atoms with Gasteiger partial charge < -0.3 is 75.8 Å². The molecule has 656 valence electrons. The quantitative estimate of drug-likeness (QED) is 0.0204. The average molecular weight is 1680 g/mol. The molecule has 0 bridgehead atoms. The van der Waals surface area contributed by atoms with Crippen LogP contribution in [0.15, 0.2) is 72.8 Å². The zero-order valence-electron chi connectivity index (χ0n) is 69.9. The molecule has 0 aliphatic rings. The number of benzene rings is 2. The zero-order chi connectivity index (χ0) is 81.5. The summed E-state index contributed by atoms with van der Waals surface area (Å²) in [5.74, 6) is -1.35. The van der Waals surface area contributed by atoms with Crippen molar-refractivity contribution in [2.75, 3.05) is 246 Å². The van der Waals surface area contributed by atoms with Crippen molar-refractivity contribution in [2.24, 2.45) is 0 Å². The predicted molar refractivity (Wildman–Crippen MR) is 441 cm³/mol. The van der Waals surface area contributed by atoms with Crippen LogP contribution >= 0.6 is 0 Å². The molecule has 0 atom stereocenters. The molecular formula is C86H148GeN2O25. The molecule has 0 aliphatic carbocycles. The molecule has 2 aromatic carbocycles. The van der Waals surface area contributed by atoms with Crippen molar-refractivity contribution in [3.63, 3.8) is 0 Å². The number of carbonyl (C=O) groups excluding carboxylic acids is 4. The second-order valence-electron chi connectivity index (χ2n) is 26.9. The van der Waals surface area contributed by atoms with Crippen LogP contribution in [0.1, 0.15) is 214 Å². The van der Waals surface area contributed by atoms with Gasteiger partial charge in [0.05, 0.1) is 172 Å². The molecule has 28 heteroatoms. The number of hydrogen-bond acceptors (Lipinski definition) is 25. The first-order valence-corrected chi connectivity index (χ1v) is 45.7. The Morgan fingerprint density at radius 1 is 0.246 bits per heavy atom. The first-order chi connectivity index (χ1) is 56.3. The van der Waals surface area contributed by atoms with E-state index in [-0.39, 0.29) is 51.6 Å². The van der Waals surface area contributed by atoms with E-state index < -0.39 is 26.7 Å². The molecule has 0 saturated carbocycles. The van der Waals surface area contributed by atoms with E-state index in [4.69, 9.17) is 94.7 Å². The van der Waals surface area contributed by atoms with E-state index in [0.29, 0.717) is 234 Å². The molecule has 0 aliphatic heterocycles. The summed E-state index contributed by atoms with van der Waals surface area (Å²) in [6.45, 7) is 18.1. The van der Waals surface area contributed by atoms with Crippen molar-refractivity contribution in [1.29, 1.82) is 0 Å². The van der Waals surface area contributed by atoms with Crippen molar-refractivity contribution in [1.82, 2.24) is 0 Å². The molecule has 2 aromatic rings. The standard InChI is InChI=1S/C86H148GeN2O25/c1-3-5-7-9-11-13-15-17-19-21-23-25-27-29-31-33-83(90)111-75-71-107-67-63-103-59-55-99-51-47-95-43-45-97-49-53-101-57-61-105-65-69-109-73-77-113-85(92)79-35-39-81(40-36-79)88-87(94)89-82-41-37-80(38-42-82)86(93)114-78-74-110-70-66-106-62-58-102-54-50-98-46-44-96-48-52-100-56-60-104-64-68-108-72-76-112-84(91)34-32-30-28-26-24-22-20-18-16-14-12-10-8-6-4-2/h17-20,35-42,88-89H,3-16,21-34,43-78H2,1-2H3/b19-17-,20-18-. The summed E-state index contributed by atoms with van der Waals surface area (Å²) in [4.78, 5) is 49.1. The molecule has 27 nitrogen and oxygen atoms in total. The van der Waals surface area contributed by atoms with Gasteiger partial charge in [0, 0.05) is 12.8 Å². The maximum absolute atomic E-state index is 12.9. The van der Waals surface area contributed by atoms with Crippen LogP contribution < -0.4 is 8.55 Å². The van der Waals surface area contributed by atoms with Gasteiger partial charge in [-0.1, -0.05) is 141 Å². The number of nitrogens with one attached hydrogen (secondary N) is 2. The average Bonchev–Trinajstić information content (AvgIpc) is 0.876. The minimum absolute atomic E-state index is 0.0644. The molecular weight excluding hydrogens is 1530 g/mol. The van der Waals surface area contributed by atoms with Crippen LogP contribution in [0.2, 0.25) is 0 Å². The van der Waals surface area contributed by atoms with Crippen molar-refractivity contribution >= 4 is 50.0 Å². The molecule has 0 radical (unpaired) electrons. The number of anilines is 2. The number of allylic oxidation sites excluding steroid dienone is 4. The number of hydrogen-bond donors (Lipinski definition) is 2. The van der Waals surface area contributed by atoms with E-state index in [1.807, 2.05) is 0 Å². The molecule has 2 N–H and O–H groups in total. The molecule has 0 spiro atoms. The SMILES string of the molecule is CCCCCCCC/C=C\CCCCCCCC(=O)OCCOCCOCCOCCOCCOCCOCCOCCOCCOC(=O)c1ccc([NH][Ge](=[O])[NH]c2ccc(C(=O)OCCOCCOCCOCCOCCOCCOCCOCCOCCOC(=O)CCCCCCC/C=C\CCCCCCCC)cc2)cc1. The van der Waals surface area contributed by atoms with Crippen LogP contribution in [0.4, 0.5) is 11.4 Å². The number of ether oxygens (including phenoxy) is 20. The Kier molecular flexibility index (Phi) is 79.3. The first kappa shape index (κ1) is 105. The van der Waals surface area contributed by atoms with Crippen molar-refractivity contribution in [2.45, 2.75) is 194 Å². The summed E-state index contributed by atoms with van der Waals surface area (Å²) in [6.07, 6.45) is 42.2. The van der Waals surface area contributed by atoms with Gasteiger partial charge in [-0.15, -0.1) is 0 Å². The Morgan fingerprint density at radius 2 is 0.430 bits per heavy atom. The number of esters is 4. The van der Waals surface area contributed by atoms with E-state index in [1.54, 1.807) is 48.5 Å². The Morgan fingerprint density at radius 3 is 0.649 bits per heavy atom. The molecule has 0 heterocycles. The van der Waals surface area contributed by atoms with Gasteiger partial charge in [0.25, 0.3) is 0 Å². The van der Waals surface area contributed by atoms with Gasteiger partial charge in [-0.2, -0.15) is 0 Å². The van der Waals surface area contributed by atoms with Gasteiger partial charge in [-0.3, -0.25) is 9.59 Å². The van der Waals surface area contributed by atoms with Crippen LogP contribution in [0.25, 0.3) is 0 Å². The van der Waals surface area contributed by atoms with E-state index in [0.717, 1.165) is 51.4 Å². The Hall–Kier alpha value is -4.90. The van der Waals surface area contributed by atoms with Gasteiger partial charge in [-0.25, -0.2) is 0 Å². The summed E-state index contributed by atoms with van der Waals surface area (Å²) in [7, 11) is 0. The van der Waals surface area contributed by atoms with E-state index in [1.165, 1.54) is 116 Å². The van der Waals surface area contributed by atoms with Crippen LogP contribution in [-0.2, 0) is 108 Å². The van der Waals surface area contributed by atoms with E-state index >= 15 is 0 Å². The number of rotatable bonds is 90. The summed E-state index contributed by atoms with van der Waals surface area (Å²) in [6, 6.07) is 12.9. The monoisotopic (exact) mass is 1680 g/mol. The van der Waals surface area contributed by atoms with Gasteiger partial charge in [0.1, 0.15) is 13.2 Å². The second-order valence-corrected chi connectivity index (χ2v) is 29.3. The Bertz CT molecular complexity index is 2360. The predicted octanol–water partition coefficient (Wildman–Crippen LogP) is 14.4. The third-order valence-electron chi connectivity index (χ3n) is 17.2. The molecule has 114 heavy (non-hydrogen) atoms. The fourth-order valence-electron chi connectivity index (χ4n) is 10.8. The number of unbranched alkanes of at least 4 members (excludes halogenated alkanes) is 22. The van der Waals surface area contributed by atoms with Gasteiger partial charge in [0.15, 0.2) is 0 Å². The summed E-state index contributed by atoms with van der Waals surface area (Å²) >= 11 is -3.26. The molecule has 0 unspecified atom stereocenters. The van der Waals surface area contributed by atoms with Gasteiger partial charge in [0.2, 0.25) is 0 Å². The van der Waals surface area contributed by atoms with E-state index in [2.05, 4.69) is 46.7 Å². The maximum atomic E-state index is 12.9. The van der Waals surface area contributed by atoms with Gasteiger partial charge in [-0.05, 0) is 64.2 Å². The summed E-state index contributed by atoms with van der Waals surface area (Å²) in [5, 5.41) is 0. The third kappa shape index (κ3) is 74.6. The van der Waals surface area contributed by atoms with Gasteiger partial charge >= 0.3 is 203 Å². The van der Waals surface area contributed by atoms with Crippen molar-refractivity contribution in [3.8, 4) is 0 Å². The normalized spacial score (nSPS) is 11.5. The molecule has 0 aromatic heterocycles. The molecule has 0 amide bonds. The van der Waals surface area contributed by atoms with Crippen LogP contribution in [-0.4, -0.2) is 276 Å². The van der Waals surface area contributed by atoms with Crippen LogP contribution in [0, 0.1) is 0 Å². The summed E-state index contributed by atoms with van der Waals surface area (Å²) in [5.41, 5.74) is 1.78. The van der Waals surface area contributed by atoms with Crippen LogP contribution in [0.5, 0.6) is 0 Å². The first-order valence-electron chi connectivity index (χ1n) is 42.8. The fraction of sp³-hybridized carbons (Fsp3) is 0.767. The third-order valence-corrected chi connectivity index (χ3v) is 19.3. The molecule has 2 rings (SSSR count). The zero-order valence-corrected chi connectivity index (χ0v) is 72.0. The minimum atomic E-state index is -3.26. The number of carbonyl (C=O) groups is 4. The van der Waals surface area contributed by atoms with Crippen molar-refractivity contribution < 1.29 is 118 Å². The molecule has 0 saturated heterocycles. The Labute approximate surface area is 688 Å². The topological polar surface area (TPSA) is 294 Å². The van der Waals surface area contributed by atoms with E-state index in [9.17, 15) is 23.0 Å². The molecule has 0 fully saturated rings. The summed E-state index contributed by atoms with van der Waals surface area (Å²) < 4.78 is 128. The van der Waals surface area contributed by atoms with Crippen LogP contribution in [0.3, 0.4) is 0 Å². The van der Waals surface area contributed by atoms with Crippen molar-refractivity contribution in [3.05, 3.63) is 84.0 Å². The second kappa shape index (κ2) is 86.0. The Balaban J connectivity index is 1.25.